The van der Waals surface area contributed by atoms with Gasteiger partial charge in [-0.25, -0.2) is 0 Å². The zero-order valence-electron chi connectivity index (χ0n) is 13.4. The molecule has 1 aromatic rings. The molecule has 0 aliphatic heterocycles. The third-order valence-corrected chi connectivity index (χ3v) is 4.39. The van der Waals surface area contributed by atoms with Crippen molar-refractivity contribution in [3.63, 3.8) is 0 Å². The van der Waals surface area contributed by atoms with Crippen LogP contribution in [0.25, 0.3) is 0 Å². The SMILES string of the molecule is CC(C)Oc1ccc(C2CC(C)(C)CCC2C(=O)O)cc1. The molecular formula is C18H26O3. The van der Waals surface area contributed by atoms with Crippen LogP contribution >= 0.6 is 0 Å². The lowest BCUT2D eigenvalue weighted by Crippen LogP contribution is -2.32. The number of hydrogen-bond acceptors (Lipinski definition) is 2. The van der Waals surface area contributed by atoms with E-state index in [2.05, 4.69) is 13.8 Å². The molecule has 0 heterocycles. The zero-order valence-corrected chi connectivity index (χ0v) is 13.4. The van der Waals surface area contributed by atoms with Crippen LogP contribution in [-0.2, 0) is 4.79 Å². The maximum absolute atomic E-state index is 11.5. The molecule has 0 saturated heterocycles. The molecule has 116 valence electrons. The Kier molecular flexibility index (Phi) is 4.60. The molecule has 1 fully saturated rings. The van der Waals surface area contributed by atoms with Crippen LogP contribution in [0.15, 0.2) is 24.3 Å². The Morgan fingerprint density at radius 1 is 1.29 bits per heavy atom. The van der Waals surface area contributed by atoms with Crippen LogP contribution in [0.1, 0.15) is 58.4 Å². The summed E-state index contributed by atoms with van der Waals surface area (Å²) in [5.74, 6) is 0.00273. The number of carboxylic acid groups (broad SMARTS) is 1. The monoisotopic (exact) mass is 290 g/mol. The number of aliphatic carboxylic acids is 1. The van der Waals surface area contributed by atoms with Crippen molar-refractivity contribution >= 4 is 5.97 Å². The zero-order chi connectivity index (χ0) is 15.6. The fourth-order valence-electron chi connectivity index (χ4n) is 3.30. The fourth-order valence-corrected chi connectivity index (χ4v) is 3.30. The van der Waals surface area contributed by atoms with E-state index in [4.69, 9.17) is 4.74 Å². The van der Waals surface area contributed by atoms with Gasteiger partial charge in [0.1, 0.15) is 5.75 Å². The number of benzene rings is 1. The molecule has 0 radical (unpaired) electrons. The summed E-state index contributed by atoms with van der Waals surface area (Å²) in [6.45, 7) is 8.46. The standard InChI is InChI=1S/C18H26O3/c1-12(2)21-14-7-5-13(6-8-14)16-11-18(3,4)10-9-15(16)17(19)20/h5-8,12,15-16H,9-11H2,1-4H3,(H,19,20). The number of rotatable bonds is 4. The molecule has 3 heteroatoms. The Morgan fingerprint density at radius 3 is 2.43 bits per heavy atom. The average Bonchev–Trinajstić information content (AvgIpc) is 2.37. The summed E-state index contributed by atoms with van der Waals surface area (Å²) in [4.78, 5) is 11.5. The summed E-state index contributed by atoms with van der Waals surface area (Å²) in [5, 5.41) is 9.49. The number of hydrogen-bond donors (Lipinski definition) is 1. The van der Waals surface area contributed by atoms with Crippen LogP contribution in [0, 0.1) is 11.3 Å². The van der Waals surface area contributed by atoms with Crippen LogP contribution in [-0.4, -0.2) is 17.2 Å². The Labute approximate surface area is 127 Å². The third-order valence-electron chi connectivity index (χ3n) is 4.39. The summed E-state index contributed by atoms with van der Waals surface area (Å²) < 4.78 is 5.66. The second-order valence-electron chi connectivity index (χ2n) is 7.19. The first kappa shape index (κ1) is 15.9. The van der Waals surface area contributed by atoms with Crippen LogP contribution in [0.4, 0.5) is 0 Å². The Hall–Kier alpha value is -1.51. The van der Waals surface area contributed by atoms with E-state index in [1.807, 2.05) is 38.1 Å². The van der Waals surface area contributed by atoms with Crippen LogP contribution in [0.2, 0.25) is 0 Å². The van der Waals surface area contributed by atoms with E-state index in [0.717, 1.165) is 30.6 Å². The minimum Gasteiger partial charge on any atom is -0.491 e. The molecule has 0 amide bonds. The van der Waals surface area contributed by atoms with Gasteiger partial charge in [0.05, 0.1) is 12.0 Å². The predicted octanol–water partition coefficient (Wildman–Crippen LogP) is 4.47. The first-order valence-corrected chi connectivity index (χ1v) is 7.78. The summed E-state index contributed by atoms with van der Waals surface area (Å²) >= 11 is 0. The number of carboxylic acids is 1. The average molecular weight is 290 g/mol. The van der Waals surface area contributed by atoms with Crippen LogP contribution < -0.4 is 4.74 Å². The molecule has 0 aromatic heterocycles. The summed E-state index contributed by atoms with van der Waals surface area (Å²) in [7, 11) is 0. The molecule has 0 spiro atoms. The van der Waals surface area contributed by atoms with E-state index >= 15 is 0 Å². The topological polar surface area (TPSA) is 46.5 Å². The van der Waals surface area contributed by atoms with E-state index in [9.17, 15) is 9.90 Å². The maximum atomic E-state index is 11.5. The van der Waals surface area contributed by atoms with Gasteiger partial charge >= 0.3 is 5.97 Å². The Balaban J connectivity index is 2.21. The van der Waals surface area contributed by atoms with Crippen molar-refractivity contribution in [1.29, 1.82) is 0 Å². The van der Waals surface area contributed by atoms with Crippen molar-refractivity contribution in [3.05, 3.63) is 29.8 Å². The second-order valence-corrected chi connectivity index (χ2v) is 7.19. The number of ether oxygens (including phenoxy) is 1. The third kappa shape index (κ3) is 3.99. The predicted molar refractivity (Wildman–Crippen MR) is 83.7 cm³/mol. The lowest BCUT2D eigenvalue weighted by molar-refractivity contribution is -0.144. The summed E-state index contributed by atoms with van der Waals surface area (Å²) in [6.07, 6.45) is 2.82. The van der Waals surface area contributed by atoms with Crippen LogP contribution in [0.3, 0.4) is 0 Å². The molecule has 1 saturated carbocycles. The molecule has 21 heavy (non-hydrogen) atoms. The minimum atomic E-state index is -0.669. The quantitative estimate of drug-likeness (QED) is 0.890. The molecule has 1 aromatic carbocycles. The van der Waals surface area contributed by atoms with Gasteiger partial charge in [0, 0.05) is 0 Å². The van der Waals surface area contributed by atoms with Gasteiger partial charge in [-0.05, 0) is 62.1 Å². The molecule has 1 aliphatic rings. The van der Waals surface area contributed by atoms with Gasteiger partial charge in [0.15, 0.2) is 0 Å². The first-order chi connectivity index (χ1) is 9.78. The first-order valence-electron chi connectivity index (χ1n) is 7.78. The van der Waals surface area contributed by atoms with Crippen molar-refractivity contribution in [3.8, 4) is 5.75 Å². The normalized spacial score (nSPS) is 24.8. The fraction of sp³-hybridized carbons (Fsp3) is 0.611. The Morgan fingerprint density at radius 2 is 1.90 bits per heavy atom. The molecule has 1 aliphatic carbocycles. The summed E-state index contributed by atoms with van der Waals surface area (Å²) in [5.41, 5.74) is 1.33. The van der Waals surface area contributed by atoms with Crippen molar-refractivity contribution in [2.45, 2.75) is 59.0 Å². The minimum absolute atomic E-state index is 0.0966. The van der Waals surface area contributed by atoms with Gasteiger partial charge in [-0.15, -0.1) is 0 Å². The van der Waals surface area contributed by atoms with E-state index in [1.165, 1.54) is 0 Å². The number of carbonyl (C=O) groups is 1. The van der Waals surface area contributed by atoms with Crippen molar-refractivity contribution in [1.82, 2.24) is 0 Å². The highest BCUT2D eigenvalue weighted by atomic mass is 16.5. The van der Waals surface area contributed by atoms with E-state index < -0.39 is 5.97 Å². The van der Waals surface area contributed by atoms with Crippen molar-refractivity contribution in [2.24, 2.45) is 11.3 Å². The van der Waals surface area contributed by atoms with E-state index in [0.29, 0.717) is 0 Å². The molecule has 0 bridgehead atoms. The lowest BCUT2D eigenvalue weighted by Gasteiger charge is -2.39. The highest BCUT2D eigenvalue weighted by Crippen LogP contribution is 2.47. The van der Waals surface area contributed by atoms with Gasteiger partial charge in [-0.1, -0.05) is 26.0 Å². The van der Waals surface area contributed by atoms with Crippen molar-refractivity contribution in [2.75, 3.05) is 0 Å². The molecule has 1 N–H and O–H groups in total. The highest BCUT2D eigenvalue weighted by Gasteiger charge is 2.39. The molecule has 2 unspecified atom stereocenters. The molecule has 3 nitrogen and oxygen atoms in total. The summed E-state index contributed by atoms with van der Waals surface area (Å²) in [6, 6.07) is 7.96. The van der Waals surface area contributed by atoms with Crippen molar-refractivity contribution < 1.29 is 14.6 Å². The molecule has 2 atom stereocenters. The maximum Gasteiger partial charge on any atom is 0.307 e. The van der Waals surface area contributed by atoms with Gasteiger partial charge in [-0.3, -0.25) is 4.79 Å². The van der Waals surface area contributed by atoms with Crippen LogP contribution in [0.5, 0.6) is 5.75 Å². The Bertz CT molecular complexity index is 488. The van der Waals surface area contributed by atoms with Gasteiger partial charge in [-0.2, -0.15) is 0 Å². The molecular weight excluding hydrogens is 264 g/mol. The van der Waals surface area contributed by atoms with E-state index in [1.54, 1.807) is 0 Å². The van der Waals surface area contributed by atoms with E-state index in [-0.39, 0.29) is 23.4 Å². The molecule has 2 rings (SSSR count). The second kappa shape index (κ2) is 6.08. The largest absolute Gasteiger partial charge is 0.491 e. The lowest BCUT2D eigenvalue weighted by atomic mass is 9.65. The highest BCUT2D eigenvalue weighted by molar-refractivity contribution is 5.71. The van der Waals surface area contributed by atoms with Gasteiger partial charge < -0.3 is 9.84 Å². The smallest absolute Gasteiger partial charge is 0.307 e. The van der Waals surface area contributed by atoms with Gasteiger partial charge in [0.25, 0.3) is 0 Å². The van der Waals surface area contributed by atoms with Gasteiger partial charge in [0.2, 0.25) is 0 Å².